The van der Waals surface area contributed by atoms with Crippen LogP contribution < -0.4 is 5.32 Å². The fraction of sp³-hybridized carbons (Fsp3) is 0.333. The van der Waals surface area contributed by atoms with Crippen LogP contribution in [-0.2, 0) is 16.0 Å². The van der Waals surface area contributed by atoms with Crippen molar-refractivity contribution >= 4 is 22.4 Å². The van der Waals surface area contributed by atoms with Crippen LogP contribution in [0.25, 0.3) is 0 Å². The lowest BCUT2D eigenvalue weighted by Gasteiger charge is -2.02. The Kier molecular flexibility index (Phi) is 4.42. The van der Waals surface area contributed by atoms with E-state index in [4.69, 9.17) is 10.00 Å². The molecule has 1 atom stereocenters. The Morgan fingerprint density at radius 3 is 3.18 bits per heavy atom. The SMILES string of the molecule is N#Cc1cccc(CC(=O)Nc2nnc(C3CCOC3)s2)c1. The third-order valence-electron chi connectivity index (χ3n) is 3.39. The Hall–Kier alpha value is -2.30. The maximum atomic E-state index is 12.0. The number of anilines is 1. The van der Waals surface area contributed by atoms with Gasteiger partial charge in [-0.25, -0.2) is 0 Å². The summed E-state index contributed by atoms with van der Waals surface area (Å²) in [6.07, 6.45) is 1.15. The highest BCUT2D eigenvalue weighted by molar-refractivity contribution is 7.15. The van der Waals surface area contributed by atoms with Crippen molar-refractivity contribution in [1.82, 2.24) is 10.2 Å². The van der Waals surface area contributed by atoms with Crippen LogP contribution in [0, 0.1) is 11.3 Å². The van der Waals surface area contributed by atoms with Gasteiger partial charge in [0.25, 0.3) is 0 Å². The molecule has 112 valence electrons. The Balaban J connectivity index is 1.60. The van der Waals surface area contributed by atoms with Crippen molar-refractivity contribution in [3.8, 4) is 6.07 Å². The van der Waals surface area contributed by atoms with Gasteiger partial charge in [0.15, 0.2) is 0 Å². The molecule has 1 N–H and O–H groups in total. The number of benzene rings is 1. The van der Waals surface area contributed by atoms with Gasteiger partial charge in [-0.1, -0.05) is 23.5 Å². The number of amides is 1. The molecule has 1 unspecified atom stereocenters. The number of nitriles is 1. The van der Waals surface area contributed by atoms with Gasteiger partial charge in [0.1, 0.15) is 5.01 Å². The van der Waals surface area contributed by atoms with Gasteiger partial charge in [-0.2, -0.15) is 5.26 Å². The van der Waals surface area contributed by atoms with Crippen molar-refractivity contribution in [2.45, 2.75) is 18.8 Å². The maximum absolute atomic E-state index is 12.0. The molecule has 1 aromatic heterocycles. The smallest absolute Gasteiger partial charge is 0.230 e. The van der Waals surface area contributed by atoms with Crippen LogP contribution >= 0.6 is 11.3 Å². The van der Waals surface area contributed by atoms with E-state index in [1.807, 2.05) is 6.07 Å². The first kappa shape index (κ1) is 14.6. The number of hydrogen-bond acceptors (Lipinski definition) is 6. The van der Waals surface area contributed by atoms with E-state index in [9.17, 15) is 4.79 Å². The molecule has 6 nitrogen and oxygen atoms in total. The van der Waals surface area contributed by atoms with Gasteiger partial charge in [0.2, 0.25) is 11.0 Å². The number of aromatic nitrogens is 2. The van der Waals surface area contributed by atoms with Crippen LogP contribution in [0.15, 0.2) is 24.3 Å². The molecule has 1 saturated heterocycles. The zero-order valence-electron chi connectivity index (χ0n) is 11.8. The van der Waals surface area contributed by atoms with Crippen LogP contribution in [0.3, 0.4) is 0 Å². The molecular weight excluding hydrogens is 300 g/mol. The first-order chi connectivity index (χ1) is 10.7. The number of ether oxygens (including phenoxy) is 1. The number of nitrogens with zero attached hydrogens (tertiary/aromatic N) is 3. The van der Waals surface area contributed by atoms with Crippen LogP contribution in [-0.4, -0.2) is 29.3 Å². The molecule has 0 aliphatic carbocycles. The van der Waals surface area contributed by atoms with E-state index in [0.717, 1.165) is 23.6 Å². The minimum absolute atomic E-state index is 0.166. The standard InChI is InChI=1S/C15H14N4O2S/c16-8-11-3-1-2-10(6-11)7-13(20)17-15-19-18-14(22-15)12-4-5-21-9-12/h1-3,6,12H,4-5,7,9H2,(H,17,19,20). The normalized spacial score (nSPS) is 17.1. The quantitative estimate of drug-likeness (QED) is 0.933. The Labute approximate surface area is 131 Å². The van der Waals surface area contributed by atoms with Gasteiger partial charge >= 0.3 is 0 Å². The van der Waals surface area contributed by atoms with E-state index in [1.165, 1.54) is 11.3 Å². The lowest BCUT2D eigenvalue weighted by molar-refractivity contribution is -0.115. The summed E-state index contributed by atoms with van der Waals surface area (Å²) in [5.41, 5.74) is 1.34. The number of carbonyl (C=O) groups excluding carboxylic acids is 1. The minimum atomic E-state index is -0.166. The molecule has 1 amide bonds. The molecule has 1 aliphatic heterocycles. The highest BCUT2D eigenvalue weighted by atomic mass is 32.1. The minimum Gasteiger partial charge on any atom is -0.381 e. The molecule has 7 heteroatoms. The van der Waals surface area contributed by atoms with E-state index in [-0.39, 0.29) is 18.2 Å². The lowest BCUT2D eigenvalue weighted by Crippen LogP contribution is -2.14. The molecule has 1 fully saturated rings. The highest BCUT2D eigenvalue weighted by Gasteiger charge is 2.22. The number of hydrogen-bond donors (Lipinski definition) is 1. The summed E-state index contributed by atoms with van der Waals surface area (Å²) < 4.78 is 5.33. The summed E-state index contributed by atoms with van der Waals surface area (Å²) in [7, 11) is 0. The molecule has 2 heterocycles. The monoisotopic (exact) mass is 314 g/mol. The van der Waals surface area contributed by atoms with E-state index in [0.29, 0.717) is 17.3 Å². The fourth-order valence-electron chi connectivity index (χ4n) is 2.28. The van der Waals surface area contributed by atoms with Gasteiger partial charge < -0.3 is 10.1 Å². The number of carbonyl (C=O) groups is 1. The van der Waals surface area contributed by atoms with Crippen LogP contribution in [0.1, 0.15) is 28.5 Å². The molecular formula is C15H14N4O2S. The number of nitrogens with one attached hydrogen (secondary N) is 1. The summed E-state index contributed by atoms with van der Waals surface area (Å²) in [4.78, 5) is 12.0. The molecule has 0 radical (unpaired) electrons. The second-order valence-electron chi connectivity index (χ2n) is 5.04. The van der Waals surface area contributed by atoms with Gasteiger partial charge in [-0.15, -0.1) is 10.2 Å². The van der Waals surface area contributed by atoms with Crippen molar-refractivity contribution in [3.05, 3.63) is 40.4 Å². The van der Waals surface area contributed by atoms with Crippen molar-refractivity contribution in [2.75, 3.05) is 18.5 Å². The molecule has 1 aromatic carbocycles. The summed E-state index contributed by atoms with van der Waals surface area (Å²) in [6.45, 7) is 1.42. The first-order valence-corrected chi connectivity index (χ1v) is 7.76. The number of rotatable bonds is 4. The van der Waals surface area contributed by atoms with Crippen molar-refractivity contribution in [3.63, 3.8) is 0 Å². The third-order valence-corrected chi connectivity index (χ3v) is 4.39. The average molecular weight is 314 g/mol. The molecule has 22 heavy (non-hydrogen) atoms. The van der Waals surface area contributed by atoms with Crippen LogP contribution in [0.2, 0.25) is 0 Å². The first-order valence-electron chi connectivity index (χ1n) is 6.94. The second-order valence-corrected chi connectivity index (χ2v) is 6.05. The Morgan fingerprint density at radius 2 is 2.41 bits per heavy atom. The zero-order valence-corrected chi connectivity index (χ0v) is 12.6. The molecule has 3 rings (SSSR count). The maximum Gasteiger partial charge on any atom is 0.230 e. The lowest BCUT2D eigenvalue weighted by atomic mass is 10.1. The van der Waals surface area contributed by atoms with Gasteiger partial charge in [0.05, 0.1) is 24.7 Å². The van der Waals surface area contributed by atoms with Gasteiger partial charge in [-0.05, 0) is 24.1 Å². The summed E-state index contributed by atoms with van der Waals surface area (Å²) in [6, 6.07) is 9.07. The van der Waals surface area contributed by atoms with Gasteiger partial charge in [0, 0.05) is 12.5 Å². The summed E-state index contributed by atoms with van der Waals surface area (Å²) in [5, 5.41) is 21.1. The highest BCUT2D eigenvalue weighted by Crippen LogP contribution is 2.29. The van der Waals surface area contributed by atoms with Crippen molar-refractivity contribution in [1.29, 1.82) is 5.26 Å². The molecule has 2 aromatic rings. The largest absolute Gasteiger partial charge is 0.381 e. The summed E-state index contributed by atoms with van der Waals surface area (Å²) >= 11 is 1.39. The fourth-order valence-corrected chi connectivity index (χ4v) is 3.16. The Bertz CT molecular complexity index is 716. The second kappa shape index (κ2) is 6.64. The third kappa shape index (κ3) is 3.47. The van der Waals surface area contributed by atoms with E-state index in [1.54, 1.807) is 18.2 Å². The average Bonchev–Trinajstić information content (AvgIpc) is 3.18. The molecule has 1 aliphatic rings. The predicted octanol–water partition coefficient (Wildman–Crippen LogP) is 2.09. The predicted molar refractivity (Wildman–Crippen MR) is 81.6 cm³/mol. The molecule has 0 spiro atoms. The van der Waals surface area contributed by atoms with E-state index < -0.39 is 0 Å². The molecule has 0 bridgehead atoms. The van der Waals surface area contributed by atoms with E-state index in [2.05, 4.69) is 21.6 Å². The van der Waals surface area contributed by atoms with Gasteiger partial charge in [-0.3, -0.25) is 4.79 Å². The molecule has 0 saturated carbocycles. The topological polar surface area (TPSA) is 87.9 Å². The van der Waals surface area contributed by atoms with E-state index >= 15 is 0 Å². The van der Waals surface area contributed by atoms with Crippen LogP contribution in [0.4, 0.5) is 5.13 Å². The van der Waals surface area contributed by atoms with Crippen LogP contribution in [0.5, 0.6) is 0 Å². The van der Waals surface area contributed by atoms with Crippen molar-refractivity contribution in [2.24, 2.45) is 0 Å². The zero-order chi connectivity index (χ0) is 15.4. The summed E-state index contributed by atoms with van der Waals surface area (Å²) in [5.74, 6) is 0.121. The van der Waals surface area contributed by atoms with Crippen molar-refractivity contribution < 1.29 is 9.53 Å². The Morgan fingerprint density at radius 1 is 1.50 bits per heavy atom.